The van der Waals surface area contributed by atoms with Crippen molar-refractivity contribution in [2.75, 3.05) is 46.4 Å². The predicted octanol–water partition coefficient (Wildman–Crippen LogP) is -0.0349. The Morgan fingerprint density at radius 2 is 2.04 bits per heavy atom. The molecule has 2 rings (SSSR count). The summed E-state index contributed by atoms with van der Waals surface area (Å²) in [4.78, 5) is 13.9. The number of rotatable bonds is 6. The Labute approximate surface area is 137 Å². The predicted molar refractivity (Wildman–Crippen MR) is 87.0 cm³/mol. The van der Waals surface area contributed by atoms with Crippen molar-refractivity contribution >= 4 is 16.0 Å². The van der Waals surface area contributed by atoms with Crippen molar-refractivity contribution in [3.05, 3.63) is 29.3 Å². The molecule has 2 N–H and O–H groups in total. The molecule has 1 aliphatic heterocycles. The SMILES string of the molecule is COC(=O)c1ccc(S(=O)(=O)NCCN2CCNCC2)cc1C. The van der Waals surface area contributed by atoms with Crippen LogP contribution in [0.15, 0.2) is 23.1 Å². The highest BCUT2D eigenvalue weighted by molar-refractivity contribution is 7.89. The van der Waals surface area contributed by atoms with E-state index in [0.717, 1.165) is 26.2 Å². The van der Waals surface area contributed by atoms with Crippen LogP contribution in [-0.4, -0.2) is 65.7 Å². The van der Waals surface area contributed by atoms with Crippen molar-refractivity contribution in [1.82, 2.24) is 14.9 Å². The van der Waals surface area contributed by atoms with Gasteiger partial charge in [0.2, 0.25) is 10.0 Å². The lowest BCUT2D eigenvalue weighted by Crippen LogP contribution is -2.46. The topological polar surface area (TPSA) is 87.7 Å². The van der Waals surface area contributed by atoms with Crippen LogP contribution in [-0.2, 0) is 14.8 Å². The van der Waals surface area contributed by atoms with Crippen LogP contribution in [0.1, 0.15) is 15.9 Å². The van der Waals surface area contributed by atoms with Gasteiger partial charge in [0.05, 0.1) is 17.6 Å². The lowest BCUT2D eigenvalue weighted by Gasteiger charge is -2.27. The van der Waals surface area contributed by atoms with Crippen LogP contribution in [0, 0.1) is 6.92 Å². The Morgan fingerprint density at radius 3 is 2.65 bits per heavy atom. The summed E-state index contributed by atoms with van der Waals surface area (Å²) >= 11 is 0. The fourth-order valence-corrected chi connectivity index (χ4v) is 3.60. The first-order chi connectivity index (χ1) is 10.9. The summed E-state index contributed by atoms with van der Waals surface area (Å²) in [6.07, 6.45) is 0. The van der Waals surface area contributed by atoms with Gasteiger partial charge in [0.1, 0.15) is 0 Å². The molecule has 1 fully saturated rings. The van der Waals surface area contributed by atoms with Crippen LogP contribution in [0.5, 0.6) is 0 Å². The van der Waals surface area contributed by atoms with Gasteiger partial charge in [-0.3, -0.25) is 4.90 Å². The molecule has 0 aromatic heterocycles. The number of hydrogen-bond acceptors (Lipinski definition) is 6. The van der Waals surface area contributed by atoms with Gasteiger partial charge in [-0.25, -0.2) is 17.9 Å². The zero-order valence-electron chi connectivity index (χ0n) is 13.5. The lowest BCUT2D eigenvalue weighted by molar-refractivity contribution is 0.0600. The minimum Gasteiger partial charge on any atom is -0.465 e. The zero-order valence-corrected chi connectivity index (χ0v) is 14.3. The summed E-state index contributed by atoms with van der Waals surface area (Å²) in [5.41, 5.74) is 0.939. The minimum atomic E-state index is -3.58. The molecule has 1 aromatic rings. The van der Waals surface area contributed by atoms with E-state index in [1.165, 1.54) is 25.3 Å². The van der Waals surface area contributed by atoms with Crippen LogP contribution < -0.4 is 10.0 Å². The molecule has 0 amide bonds. The number of aryl methyl sites for hydroxylation is 1. The second kappa shape index (κ2) is 7.87. The van der Waals surface area contributed by atoms with E-state index < -0.39 is 16.0 Å². The standard InChI is InChI=1S/C15H23N3O4S/c1-12-11-13(3-4-14(12)15(19)22-2)23(20,21)17-7-10-18-8-5-16-6-9-18/h3-4,11,16-17H,5-10H2,1-2H3. The average Bonchev–Trinajstić information content (AvgIpc) is 2.55. The third-order valence-corrected chi connectivity index (χ3v) is 5.30. The molecule has 0 atom stereocenters. The van der Waals surface area contributed by atoms with Gasteiger partial charge < -0.3 is 10.1 Å². The smallest absolute Gasteiger partial charge is 0.338 e. The Hall–Kier alpha value is -1.48. The molecule has 0 unspecified atom stereocenters. The first-order valence-corrected chi connectivity index (χ1v) is 9.04. The number of esters is 1. The maximum Gasteiger partial charge on any atom is 0.338 e. The largest absolute Gasteiger partial charge is 0.465 e. The first-order valence-electron chi connectivity index (χ1n) is 7.56. The van der Waals surface area contributed by atoms with Crippen molar-refractivity contribution in [1.29, 1.82) is 0 Å². The first kappa shape index (κ1) is 17.9. The number of carbonyl (C=O) groups excluding carboxylic acids is 1. The summed E-state index contributed by atoms with van der Waals surface area (Å²) in [6.45, 7) is 6.44. The molecule has 1 saturated heterocycles. The van der Waals surface area contributed by atoms with Gasteiger partial charge in [-0.1, -0.05) is 0 Å². The van der Waals surface area contributed by atoms with Gasteiger partial charge in [-0.05, 0) is 30.7 Å². The van der Waals surface area contributed by atoms with E-state index in [1.807, 2.05) is 0 Å². The number of ether oxygens (including phenoxy) is 1. The Morgan fingerprint density at radius 1 is 1.35 bits per heavy atom. The number of nitrogens with zero attached hydrogens (tertiary/aromatic N) is 1. The molecule has 0 bridgehead atoms. The van der Waals surface area contributed by atoms with Crippen LogP contribution in [0.3, 0.4) is 0 Å². The molecule has 0 saturated carbocycles. The third kappa shape index (κ3) is 4.74. The fraction of sp³-hybridized carbons (Fsp3) is 0.533. The van der Waals surface area contributed by atoms with E-state index in [4.69, 9.17) is 0 Å². The Balaban J connectivity index is 1.98. The fourth-order valence-electron chi connectivity index (χ4n) is 2.50. The summed E-state index contributed by atoms with van der Waals surface area (Å²) in [5, 5.41) is 3.25. The summed E-state index contributed by atoms with van der Waals surface area (Å²) in [7, 11) is -2.28. The molecule has 1 heterocycles. The van der Waals surface area contributed by atoms with Crippen molar-refractivity contribution in [3.8, 4) is 0 Å². The molecule has 0 radical (unpaired) electrons. The molecule has 23 heavy (non-hydrogen) atoms. The van der Waals surface area contributed by atoms with E-state index in [9.17, 15) is 13.2 Å². The number of hydrogen-bond donors (Lipinski definition) is 2. The highest BCUT2D eigenvalue weighted by Gasteiger charge is 2.18. The molecule has 1 aromatic carbocycles. The number of nitrogens with one attached hydrogen (secondary N) is 2. The maximum atomic E-state index is 12.3. The molecular weight excluding hydrogens is 318 g/mol. The van der Waals surface area contributed by atoms with Gasteiger partial charge in [-0.2, -0.15) is 0 Å². The molecule has 8 heteroatoms. The number of sulfonamides is 1. The summed E-state index contributed by atoms with van der Waals surface area (Å²) in [5.74, 6) is -0.474. The monoisotopic (exact) mass is 341 g/mol. The van der Waals surface area contributed by atoms with Crippen LogP contribution >= 0.6 is 0 Å². The van der Waals surface area contributed by atoms with E-state index in [-0.39, 0.29) is 4.90 Å². The second-order valence-corrected chi connectivity index (χ2v) is 7.22. The average molecular weight is 341 g/mol. The maximum absolute atomic E-state index is 12.3. The molecule has 0 aliphatic carbocycles. The van der Waals surface area contributed by atoms with Crippen LogP contribution in [0.2, 0.25) is 0 Å². The van der Waals surface area contributed by atoms with Crippen molar-refractivity contribution in [3.63, 3.8) is 0 Å². The Bertz CT molecular complexity index is 655. The van der Waals surface area contributed by atoms with Crippen LogP contribution in [0.25, 0.3) is 0 Å². The summed E-state index contributed by atoms with van der Waals surface area (Å²) < 4.78 is 31.9. The van der Waals surface area contributed by atoms with E-state index in [0.29, 0.717) is 24.2 Å². The van der Waals surface area contributed by atoms with Gasteiger partial charge in [0.25, 0.3) is 0 Å². The number of benzene rings is 1. The number of piperazine rings is 1. The van der Waals surface area contributed by atoms with Gasteiger partial charge in [-0.15, -0.1) is 0 Å². The summed E-state index contributed by atoms with van der Waals surface area (Å²) in [6, 6.07) is 4.39. The third-order valence-electron chi connectivity index (χ3n) is 3.84. The van der Waals surface area contributed by atoms with Crippen molar-refractivity contribution < 1.29 is 17.9 Å². The van der Waals surface area contributed by atoms with E-state index in [2.05, 4.69) is 19.7 Å². The van der Waals surface area contributed by atoms with Crippen molar-refractivity contribution in [2.45, 2.75) is 11.8 Å². The van der Waals surface area contributed by atoms with Gasteiger partial charge >= 0.3 is 5.97 Å². The number of carbonyl (C=O) groups is 1. The zero-order chi connectivity index (χ0) is 16.9. The molecule has 7 nitrogen and oxygen atoms in total. The molecule has 128 valence electrons. The highest BCUT2D eigenvalue weighted by Crippen LogP contribution is 2.16. The quantitative estimate of drug-likeness (QED) is 0.706. The van der Waals surface area contributed by atoms with Crippen molar-refractivity contribution in [2.24, 2.45) is 0 Å². The van der Waals surface area contributed by atoms with Gasteiger partial charge in [0.15, 0.2) is 0 Å². The Kier molecular flexibility index (Phi) is 6.11. The van der Waals surface area contributed by atoms with E-state index >= 15 is 0 Å². The van der Waals surface area contributed by atoms with Gasteiger partial charge in [0, 0.05) is 39.3 Å². The second-order valence-electron chi connectivity index (χ2n) is 5.46. The molecule has 1 aliphatic rings. The molecule has 0 spiro atoms. The van der Waals surface area contributed by atoms with E-state index in [1.54, 1.807) is 6.92 Å². The normalized spacial score (nSPS) is 16.3. The number of methoxy groups -OCH3 is 1. The van der Waals surface area contributed by atoms with Crippen LogP contribution in [0.4, 0.5) is 0 Å². The highest BCUT2D eigenvalue weighted by atomic mass is 32.2. The minimum absolute atomic E-state index is 0.156. The lowest BCUT2D eigenvalue weighted by atomic mass is 10.1. The molecular formula is C15H23N3O4S.